The third kappa shape index (κ3) is 1.88. The van der Waals surface area contributed by atoms with E-state index in [0.717, 1.165) is 16.7 Å². The average Bonchev–Trinajstić information content (AvgIpc) is 2.97. The van der Waals surface area contributed by atoms with Gasteiger partial charge in [-0.2, -0.15) is 5.26 Å². The topological polar surface area (TPSA) is 46.5 Å². The molecule has 5 heteroatoms. The number of imidazole rings is 1. The summed E-state index contributed by atoms with van der Waals surface area (Å²) in [6, 6.07) is 9.88. The molecule has 0 amide bonds. The number of hydrogen-bond acceptors (Lipinski definition) is 2. The van der Waals surface area contributed by atoms with Crippen molar-refractivity contribution in [3.63, 3.8) is 0 Å². The van der Waals surface area contributed by atoms with Crippen molar-refractivity contribution in [2.45, 2.75) is 6.54 Å². The zero-order valence-corrected chi connectivity index (χ0v) is 11.1. The molecule has 19 heavy (non-hydrogen) atoms. The highest BCUT2D eigenvalue weighted by Gasteiger charge is 2.09. The fraction of sp³-hybridized carbons (Fsp3) is 0.143. The molecule has 94 valence electrons. The van der Waals surface area contributed by atoms with Gasteiger partial charge in [-0.05, 0) is 18.2 Å². The minimum absolute atomic E-state index is 0.615. The molecule has 4 nitrogen and oxygen atoms in total. The van der Waals surface area contributed by atoms with Crippen LogP contribution >= 0.6 is 11.6 Å². The molecule has 0 aliphatic heterocycles. The maximum absolute atomic E-state index is 9.09. The zero-order chi connectivity index (χ0) is 13.4. The van der Waals surface area contributed by atoms with Crippen molar-refractivity contribution in [2.75, 3.05) is 0 Å². The van der Waals surface area contributed by atoms with Crippen molar-refractivity contribution in [1.82, 2.24) is 14.1 Å². The second-order valence-corrected chi connectivity index (χ2v) is 4.74. The van der Waals surface area contributed by atoms with Gasteiger partial charge >= 0.3 is 0 Å². The van der Waals surface area contributed by atoms with Gasteiger partial charge in [-0.3, -0.25) is 0 Å². The van der Waals surface area contributed by atoms with Crippen LogP contribution in [0.3, 0.4) is 0 Å². The van der Waals surface area contributed by atoms with E-state index in [1.54, 1.807) is 6.20 Å². The molecule has 2 aromatic heterocycles. The summed E-state index contributed by atoms with van der Waals surface area (Å²) in [5.74, 6) is 0.880. The Labute approximate surface area is 115 Å². The van der Waals surface area contributed by atoms with Crippen molar-refractivity contribution in [3.8, 4) is 6.07 Å². The molecule has 2 heterocycles. The molecule has 0 aliphatic carbocycles. The first kappa shape index (κ1) is 11.8. The van der Waals surface area contributed by atoms with E-state index in [1.165, 1.54) is 0 Å². The molecule has 0 bridgehead atoms. The lowest BCUT2D eigenvalue weighted by molar-refractivity contribution is 0.718. The second-order valence-electron chi connectivity index (χ2n) is 4.35. The highest BCUT2D eigenvalue weighted by atomic mass is 35.5. The standard InChI is InChI=1S/C14H11ClN4/c1-18-13(15)8-17-14(18)9-19-6-5-11-10(7-16)3-2-4-12(11)19/h2-6,8H,9H2,1H3. The molecule has 0 saturated carbocycles. The number of aromatic nitrogens is 3. The molecule has 0 aliphatic rings. The monoisotopic (exact) mass is 270 g/mol. The smallest absolute Gasteiger partial charge is 0.129 e. The fourth-order valence-electron chi connectivity index (χ4n) is 2.18. The van der Waals surface area contributed by atoms with Crippen molar-refractivity contribution in [1.29, 1.82) is 5.26 Å². The summed E-state index contributed by atoms with van der Waals surface area (Å²) in [5, 5.41) is 10.7. The van der Waals surface area contributed by atoms with Crippen molar-refractivity contribution >= 4 is 22.5 Å². The highest BCUT2D eigenvalue weighted by molar-refractivity contribution is 6.29. The quantitative estimate of drug-likeness (QED) is 0.719. The van der Waals surface area contributed by atoms with E-state index in [0.29, 0.717) is 17.3 Å². The Balaban J connectivity index is 2.08. The Kier molecular flexibility index (Phi) is 2.77. The molecular formula is C14H11ClN4. The van der Waals surface area contributed by atoms with Gasteiger partial charge in [0.1, 0.15) is 11.0 Å². The lowest BCUT2D eigenvalue weighted by Crippen LogP contribution is -2.05. The molecule has 0 unspecified atom stereocenters. The van der Waals surface area contributed by atoms with E-state index in [2.05, 4.69) is 15.6 Å². The first-order valence-corrected chi connectivity index (χ1v) is 6.22. The molecule has 0 fully saturated rings. The van der Waals surface area contributed by atoms with Crippen LogP contribution in [-0.2, 0) is 13.6 Å². The predicted molar refractivity (Wildman–Crippen MR) is 74.0 cm³/mol. The molecule has 0 N–H and O–H groups in total. The number of fused-ring (bicyclic) bond motifs is 1. The Morgan fingerprint density at radius 3 is 2.89 bits per heavy atom. The minimum Gasteiger partial charge on any atom is -0.340 e. The van der Waals surface area contributed by atoms with Crippen LogP contribution in [0.1, 0.15) is 11.4 Å². The first-order chi connectivity index (χ1) is 9.20. The van der Waals surface area contributed by atoms with Gasteiger partial charge in [-0.1, -0.05) is 17.7 Å². The summed E-state index contributed by atoms with van der Waals surface area (Å²) in [5.41, 5.74) is 1.72. The van der Waals surface area contributed by atoms with Crippen molar-refractivity contribution in [3.05, 3.63) is 53.2 Å². The molecule has 3 rings (SSSR count). The average molecular weight is 271 g/mol. The minimum atomic E-state index is 0.615. The summed E-state index contributed by atoms with van der Waals surface area (Å²) in [4.78, 5) is 4.28. The molecular weight excluding hydrogens is 260 g/mol. The van der Waals surface area contributed by atoms with Crippen LogP contribution < -0.4 is 0 Å². The van der Waals surface area contributed by atoms with E-state index >= 15 is 0 Å². The zero-order valence-electron chi connectivity index (χ0n) is 10.3. The van der Waals surface area contributed by atoms with Crippen LogP contribution in [0.5, 0.6) is 0 Å². The number of nitriles is 1. The number of nitrogens with zero attached hydrogens (tertiary/aromatic N) is 4. The second kappa shape index (κ2) is 4.45. The van der Waals surface area contributed by atoms with Gasteiger partial charge in [0.2, 0.25) is 0 Å². The maximum atomic E-state index is 9.09. The van der Waals surface area contributed by atoms with Gasteiger partial charge in [-0.25, -0.2) is 4.98 Å². The van der Waals surface area contributed by atoms with Gasteiger partial charge < -0.3 is 9.13 Å². The van der Waals surface area contributed by atoms with E-state index in [9.17, 15) is 0 Å². The molecule has 1 aromatic carbocycles. The first-order valence-electron chi connectivity index (χ1n) is 5.85. The van der Waals surface area contributed by atoms with Gasteiger partial charge in [0.05, 0.1) is 24.4 Å². The maximum Gasteiger partial charge on any atom is 0.129 e. The normalized spacial score (nSPS) is 10.8. The van der Waals surface area contributed by atoms with E-state index in [4.69, 9.17) is 16.9 Å². The molecule has 0 saturated heterocycles. The third-order valence-electron chi connectivity index (χ3n) is 3.27. The van der Waals surface area contributed by atoms with Gasteiger partial charge in [0.25, 0.3) is 0 Å². The van der Waals surface area contributed by atoms with Gasteiger partial charge in [0.15, 0.2) is 0 Å². The molecule has 0 radical (unpaired) electrons. The lowest BCUT2D eigenvalue weighted by Gasteiger charge is -2.06. The number of halogens is 1. The summed E-state index contributed by atoms with van der Waals surface area (Å²) in [6.07, 6.45) is 3.61. The van der Waals surface area contributed by atoms with E-state index in [1.807, 2.05) is 42.1 Å². The summed E-state index contributed by atoms with van der Waals surface area (Å²) < 4.78 is 3.91. The van der Waals surface area contributed by atoms with Crippen molar-refractivity contribution in [2.24, 2.45) is 7.05 Å². The Hall–Kier alpha value is -2.25. The Morgan fingerprint density at radius 1 is 1.37 bits per heavy atom. The summed E-state index contributed by atoms with van der Waals surface area (Å²) in [7, 11) is 1.89. The number of rotatable bonds is 2. The van der Waals surface area contributed by atoms with Crippen LogP contribution in [0.15, 0.2) is 36.7 Å². The lowest BCUT2D eigenvalue weighted by atomic mass is 10.1. The van der Waals surface area contributed by atoms with Crippen LogP contribution in [-0.4, -0.2) is 14.1 Å². The summed E-state index contributed by atoms with van der Waals surface area (Å²) >= 11 is 5.98. The van der Waals surface area contributed by atoms with Crippen LogP contribution in [0, 0.1) is 11.3 Å². The van der Waals surface area contributed by atoms with Crippen molar-refractivity contribution < 1.29 is 0 Å². The Bertz CT molecular complexity index is 791. The predicted octanol–water partition coefficient (Wildman–Crippen LogP) is 2.95. The van der Waals surface area contributed by atoms with Gasteiger partial charge in [0, 0.05) is 24.1 Å². The Morgan fingerprint density at radius 2 is 2.21 bits per heavy atom. The highest BCUT2D eigenvalue weighted by Crippen LogP contribution is 2.21. The van der Waals surface area contributed by atoms with E-state index < -0.39 is 0 Å². The van der Waals surface area contributed by atoms with Gasteiger partial charge in [-0.15, -0.1) is 0 Å². The number of benzene rings is 1. The van der Waals surface area contributed by atoms with Crippen LogP contribution in [0.2, 0.25) is 5.15 Å². The van der Waals surface area contributed by atoms with Crippen LogP contribution in [0.4, 0.5) is 0 Å². The fourth-order valence-corrected chi connectivity index (χ4v) is 2.33. The summed E-state index contributed by atoms with van der Waals surface area (Å²) in [6.45, 7) is 0.627. The molecule has 3 aromatic rings. The van der Waals surface area contributed by atoms with E-state index in [-0.39, 0.29) is 0 Å². The molecule has 0 spiro atoms. The SMILES string of the molecule is Cn1c(Cl)cnc1Cn1ccc2c(C#N)cccc21. The largest absolute Gasteiger partial charge is 0.340 e. The third-order valence-corrected chi connectivity index (χ3v) is 3.62. The van der Waals surface area contributed by atoms with Crippen LogP contribution in [0.25, 0.3) is 10.9 Å². The molecule has 0 atom stereocenters. The number of hydrogen-bond donors (Lipinski definition) is 0.